The molecule has 2 aromatic carbocycles. The molecule has 0 saturated heterocycles. The first-order chi connectivity index (χ1) is 12.7. The van der Waals surface area contributed by atoms with E-state index in [2.05, 4.69) is 15.3 Å². The van der Waals surface area contributed by atoms with E-state index >= 15 is 0 Å². The highest BCUT2D eigenvalue weighted by molar-refractivity contribution is 7.21. The number of nitrogens with one attached hydrogen (secondary N) is 1. The van der Waals surface area contributed by atoms with Crippen molar-refractivity contribution in [3.8, 4) is 10.6 Å². The standard InChI is InChI=1S/C20H14ClN3OS/c21-15-7-3-13(4-8-15)12-18(25)23-16-9-5-14(6-10-16)19-24-17-2-1-11-22-20(17)26-19/h1-11H,12H2,(H,23,25). The van der Waals surface area contributed by atoms with Gasteiger partial charge in [0.25, 0.3) is 0 Å². The van der Waals surface area contributed by atoms with Gasteiger partial charge in [-0.2, -0.15) is 0 Å². The van der Waals surface area contributed by atoms with Crippen LogP contribution in [0.3, 0.4) is 0 Å². The summed E-state index contributed by atoms with van der Waals surface area (Å²) in [4.78, 5) is 22.0. The van der Waals surface area contributed by atoms with Gasteiger partial charge in [-0.25, -0.2) is 9.97 Å². The van der Waals surface area contributed by atoms with Crippen LogP contribution >= 0.6 is 22.9 Å². The molecular weight excluding hydrogens is 366 g/mol. The van der Waals surface area contributed by atoms with Gasteiger partial charge in [0.2, 0.25) is 5.91 Å². The van der Waals surface area contributed by atoms with E-state index in [0.29, 0.717) is 11.4 Å². The van der Waals surface area contributed by atoms with Crippen LogP contribution < -0.4 is 5.32 Å². The predicted octanol–water partition coefficient (Wildman–Crippen LogP) is 5.19. The summed E-state index contributed by atoms with van der Waals surface area (Å²) in [6, 6.07) is 18.8. The van der Waals surface area contributed by atoms with Crippen molar-refractivity contribution in [3.63, 3.8) is 0 Å². The molecule has 0 saturated carbocycles. The number of hydrogen-bond acceptors (Lipinski definition) is 4. The molecule has 1 amide bonds. The summed E-state index contributed by atoms with van der Waals surface area (Å²) in [5.41, 5.74) is 3.58. The fourth-order valence-electron chi connectivity index (χ4n) is 2.58. The summed E-state index contributed by atoms with van der Waals surface area (Å²) in [6.45, 7) is 0. The number of amides is 1. The first-order valence-electron chi connectivity index (χ1n) is 8.04. The third-order valence-electron chi connectivity index (χ3n) is 3.86. The highest BCUT2D eigenvalue weighted by Crippen LogP contribution is 2.29. The largest absolute Gasteiger partial charge is 0.326 e. The van der Waals surface area contributed by atoms with Crippen LogP contribution in [0.1, 0.15) is 5.56 Å². The van der Waals surface area contributed by atoms with Crippen LogP contribution in [0.15, 0.2) is 66.9 Å². The molecular formula is C20H14ClN3OS. The number of fused-ring (bicyclic) bond motifs is 1. The number of rotatable bonds is 4. The maximum atomic E-state index is 12.2. The Morgan fingerprint density at radius 1 is 1.04 bits per heavy atom. The Bertz CT molecular complexity index is 1030. The van der Waals surface area contributed by atoms with Gasteiger partial charge in [-0.3, -0.25) is 4.79 Å². The first kappa shape index (κ1) is 16.7. The Morgan fingerprint density at radius 3 is 2.54 bits per heavy atom. The molecule has 2 heterocycles. The Kier molecular flexibility index (Phi) is 4.65. The number of carbonyl (C=O) groups excluding carboxylic acids is 1. The van der Waals surface area contributed by atoms with E-state index in [0.717, 1.165) is 32.2 Å². The lowest BCUT2D eigenvalue weighted by atomic mass is 10.1. The van der Waals surface area contributed by atoms with Crippen molar-refractivity contribution >= 4 is 44.9 Å². The molecule has 0 unspecified atom stereocenters. The zero-order chi connectivity index (χ0) is 17.9. The summed E-state index contributed by atoms with van der Waals surface area (Å²) in [5.74, 6) is -0.0655. The third kappa shape index (κ3) is 3.74. The molecule has 4 rings (SSSR count). The van der Waals surface area contributed by atoms with Crippen LogP contribution in [-0.2, 0) is 11.2 Å². The maximum Gasteiger partial charge on any atom is 0.228 e. The SMILES string of the molecule is O=C(Cc1ccc(Cl)cc1)Nc1ccc(-c2nc3cccnc3s2)cc1. The minimum atomic E-state index is -0.0655. The van der Waals surface area contributed by atoms with E-state index in [1.807, 2.05) is 48.5 Å². The molecule has 26 heavy (non-hydrogen) atoms. The van der Waals surface area contributed by atoms with Gasteiger partial charge in [0.05, 0.1) is 6.42 Å². The second-order valence-corrected chi connectivity index (χ2v) is 7.19. The molecule has 0 fully saturated rings. The first-order valence-corrected chi connectivity index (χ1v) is 9.23. The van der Waals surface area contributed by atoms with Gasteiger partial charge in [-0.1, -0.05) is 35.1 Å². The van der Waals surface area contributed by atoms with Crippen LogP contribution in [0.25, 0.3) is 20.9 Å². The van der Waals surface area contributed by atoms with Gasteiger partial charge in [-0.05, 0) is 54.1 Å². The number of aromatic nitrogens is 2. The Morgan fingerprint density at radius 2 is 1.81 bits per heavy atom. The van der Waals surface area contributed by atoms with Crippen LogP contribution in [0.2, 0.25) is 5.02 Å². The van der Waals surface area contributed by atoms with E-state index in [1.54, 1.807) is 29.7 Å². The maximum absolute atomic E-state index is 12.2. The summed E-state index contributed by atoms with van der Waals surface area (Å²) in [7, 11) is 0. The van der Waals surface area contributed by atoms with Gasteiger partial charge in [-0.15, -0.1) is 0 Å². The van der Waals surface area contributed by atoms with E-state index in [9.17, 15) is 4.79 Å². The molecule has 4 aromatic rings. The number of nitrogens with zero attached hydrogens (tertiary/aromatic N) is 2. The summed E-state index contributed by atoms with van der Waals surface area (Å²) < 4.78 is 0. The molecule has 0 bridgehead atoms. The predicted molar refractivity (Wildman–Crippen MR) is 107 cm³/mol. The van der Waals surface area contributed by atoms with Crippen LogP contribution in [0, 0.1) is 0 Å². The molecule has 0 atom stereocenters. The van der Waals surface area contributed by atoms with Gasteiger partial charge in [0.1, 0.15) is 15.4 Å². The van der Waals surface area contributed by atoms with E-state index in [4.69, 9.17) is 11.6 Å². The quantitative estimate of drug-likeness (QED) is 0.530. The average molecular weight is 380 g/mol. The fourth-order valence-corrected chi connectivity index (χ4v) is 3.62. The van der Waals surface area contributed by atoms with Crippen LogP contribution in [0.4, 0.5) is 5.69 Å². The fraction of sp³-hybridized carbons (Fsp3) is 0.0500. The number of anilines is 1. The number of thiazole rings is 1. The zero-order valence-corrected chi connectivity index (χ0v) is 15.2. The van der Waals surface area contributed by atoms with Gasteiger partial charge >= 0.3 is 0 Å². The van der Waals surface area contributed by atoms with Crippen LogP contribution in [0.5, 0.6) is 0 Å². The molecule has 0 aliphatic heterocycles. The molecule has 4 nitrogen and oxygen atoms in total. The van der Waals surface area contributed by atoms with Crippen molar-refractivity contribution in [2.75, 3.05) is 5.32 Å². The number of halogens is 1. The lowest BCUT2D eigenvalue weighted by Crippen LogP contribution is -2.14. The molecule has 2 aromatic heterocycles. The van der Waals surface area contributed by atoms with Crippen molar-refractivity contribution in [1.82, 2.24) is 9.97 Å². The Hall–Kier alpha value is -2.76. The van der Waals surface area contributed by atoms with E-state index in [-0.39, 0.29) is 5.91 Å². The topological polar surface area (TPSA) is 54.9 Å². The molecule has 128 valence electrons. The normalized spacial score (nSPS) is 10.8. The highest BCUT2D eigenvalue weighted by Gasteiger charge is 2.08. The number of benzene rings is 2. The van der Waals surface area contributed by atoms with Crippen molar-refractivity contribution in [3.05, 3.63) is 77.4 Å². The van der Waals surface area contributed by atoms with Crippen molar-refractivity contribution in [2.45, 2.75) is 6.42 Å². The van der Waals surface area contributed by atoms with Crippen molar-refractivity contribution in [2.24, 2.45) is 0 Å². The average Bonchev–Trinajstić information content (AvgIpc) is 3.08. The molecule has 1 N–H and O–H groups in total. The van der Waals surface area contributed by atoms with Crippen molar-refractivity contribution in [1.29, 1.82) is 0 Å². The summed E-state index contributed by atoms with van der Waals surface area (Å²) >= 11 is 7.41. The number of pyridine rings is 1. The monoisotopic (exact) mass is 379 g/mol. The molecule has 0 aliphatic carbocycles. The Balaban J connectivity index is 1.45. The summed E-state index contributed by atoms with van der Waals surface area (Å²) in [5, 5.41) is 4.49. The van der Waals surface area contributed by atoms with Gasteiger partial charge in [0.15, 0.2) is 0 Å². The second-order valence-electron chi connectivity index (χ2n) is 5.78. The third-order valence-corrected chi connectivity index (χ3v) is 5.14. The minimum Gasteiger partial charge on any atom is -0.326 e. The smallest absolute Gasteiger partial charge is 0.228 e. The lowest BCUT2D eigenvalue weighted by Gasteiger charge is -2.06. The second kappa shape index (κ2) is 7.23. The number of carbonyl (C=O) groups is 1. The highest BCUT2D eigenvalue weighted by atomic mass is 35.5. The van der Waals surface area contributed by atoms with Gasteiger partial charge in [0, 0.05) is 22.5 Å². The molecule has 6 heteroatoms. The minimum absolute atomic E-state index is 0.0655. The Labute approximate surface area is 159 Å². The lowest BCUT2D eigenvalue weighted by molar-refractivity contribution is -0.115. The van der Waals surface area contributed by atoms with Gasteiger partial charge < -0.3 is 5.32 Å². The van der Waals surface area contributed by atoms with E-state index < -0.39 is 0 Å². The molecule has 0 aliphatic rings. The molecule has 0 radical (unpaired) electrons. The zero-order valence-electron chi connectivity index (χ0n) is 13.6. The number of hydrogen-bond donors (Lipinski definition) is 1. The van der Waals surface area contributed by atoms with E-state index in [1.165, 1.54) is 0 Å². The van der Waals surface area contributed by atoms with Crippen LogP contribution in [-0.4, -0.2) is 15.9 Å². The van der Waals surface area contributed by atoms with Crippen molar-refractivity contribution < 1.29 is 4.79 Å². The molecule has 0 spiro atoms. The summed E-state index contributed by atoms with van der Waals surface area (Å²) in [6.07, 6.45) is 2.08.